The molecule has 0 amide bonds. The molecule has 0 aliphatic heterocycles. The number of ether oxygens (including phenoxy) is 1. The molecule has 0 aliphatic rings. The molecule has 6 rings (SSSR count). The van der Waals surface area contributed by atoms with Crippen molar-refractivity contribution in [2.75, 3.05) is 0 Å². The van der Waals surface area contributed by atoms with Gasteiger partial charge in [0.15, 0.2) is 5.75 Å². The first-order chi connectivity index (χ1) is 16.9. The molecular weight excluding hydrogens is 436 g/mol. The third-order valence-corrected chi connectivity index (χ3v) is 6.39. The Kier molecular flexibility index (Phi) is 4.71. The van der Waals surface area contributed by atoms with Gasteiger partial charge in [-0.3, -0.25) is 4.57 Å². The minimum atomic E-state index is 0.166. The highest BCUT2D eigenvalue weighted by Gasteiger charge is 2.18. The van der Waals surface area contributed by atoms with Gasteiger partial charge in [-0.05, 0) is 69.2 Å². The van der Waals surface area contributed by atoms with E-state index >= 15 is 0 Å². The molecule has 0 atom stereocenters. The number of hydrogen-bond donors (Lipinski definition) is 1. The number of aryl methyl sites for hydroxylation is 4. The third kappa shape index (κ3) is 3.46. The first kappa shape index (κ1) is 21.1. The molecule has 2 aromatic carbocycles. The summed E-state index contributed by atoms with van der Waals surface area (Å²) in [6, 6.07) is 19.9. The Hall–Kier alpha value is -4.45. The monoisotopic (exact) mass is 460 g/mol. The molecule has 0 spiro atoms. The van der Waals surface area contributed by atoms with E-state index < -0.39 is 0 Å². The number of fused-ring (bicyclic) bond motifs is 4. The fourth-order valence-corrected chi connectivity index (χ4v) is 4.53. The van der Waals surface area contributed by atoms with Crippen LogP contribution in [-0.2, 0) is 0 Å². The number of phenolic OH excluding ortho intramolecular Hbond substituents is 1. The molecule has 4 heterocycles. The highest BCUT2D eigenvalue weighted by molar-refractivity contribution is 6.07. The van der Waals surface area contributed by atoms with Gasteiger partial charge in [0.05, 0.1) is 22.2 Å². The minimum Gasteiger partial charge on any atom is -0.505 e. The zero-order chi connectivity index (χ0) is 24.3. The summed E-state index contributed by atoms with van der Waals surface area (Å²) in [5.74, 6) is 1.99. The van der Waals surface area contributed by atoms with Crippen molar-refractivity contribution >= 4 is 32.8 Å². The fourth-order valence-electron chi connectivity index (χ4n) is 4.53. The van der Waals surface area contributed by atoms with Crippen LogP contribution in [0.5, 0.6) is 17.4 Å². The summed E-state index contributed by atoms with van der Waals surface area (Å²) < 4.78 is 8.36. The van der Waals surface area contributed by atoms with Gasteiger partial charge in [-0.25, -0.2) is 15.0 Å². The van der Waals surface area contributed by atoms with E-state index in [1.165, 1.54) is 5.56 Å². The first-order valence-corrected chi connectivity index (χ1v) is 11.5. The quantitative estimate of drug-likeness (QED) is 0.312. The van der Waals surface area contributed by atoms with Crippen molar-refractivity contribution in [1.29, 1.82) is 0 Å². The number of hydrogen-bond acceptors (Lipinski definition) is 5. The summed E-state index contributed by atoms with van der Waals surface area (Å²) in [6.07, 6.45) is 1.82. The van der Waals surface area contributed by atoms with E-state index in [9.17, 15) is 5.11 Å². The molecule has 0 fully saturated rings. The van der Waals surface area contributed by atoms with Crippen LogP contribution >= 0.6 is 0 Å². The minimum absolute atomic E-state index is 0.166. The van der Waals surface area contributed by atoms with Crippen LogP contribution in [0, 0.1) is 27.7 Å². The van der Waals surface area contributed by atoms with E-state index in [-0.39, 0.29) is 5.75 Å². The van der Waals surface area contributed by atoms with E-state index in [0.29, 0.717) is 17.1 Å². The zero-order valence-electron chi connectivity index (χ0n) is 20.0. The van der Waals surface area contributed by atoms with Crippen molar-refractivity contribution in [3.05, 3.63) is 89.2 Å². The molecule has 172 valence electrons. The van der Waals surface area contributed by atoms with Crippen molar-refractivity contribution < 1.29 is 9.84 Å². The second-order valence-electron chi connectivity index (χ2n) is 9.04. The first-order valence-electron chi connectivity index (χ1n) is 11.5. The van der Waals surface area contributed by atoms with Gasteiger partial charge >= 0.3 is 0 Å². The molecule has 0 unspecified atom stereocenters. The standard InChI is InChI=1S/C29H24N4O2/c1-16-5-9-22-21(13-16)28-23(33(22)25-14-17(2)11-12-30-25)15-24(19(4)31-28)35-26-10-8-20-7-6-18(3)29(34)27(20)32-26/h5-15,34H,1-4H3. The number of benzene rings is 2. The lowest BCUT2D eigenvalue weighted by Gasteiger charge is -2.11. The zero-order valence-corrected chi connectivity index (χ0v) is 20.0. The molecule has 0 bridgehead atoms. The lowest BCUT2D eigenvalue weighted by molar-refractivity contribution is 0.455. The molecule has 6 aromatic rings. The van der Waals surface area contributed by atoms with Crippen LogP contribution in [-0.4, -0.2) is 24.6 Å². The Bertz CT molecular complexity index is 1790. The maximum absolute atomic E-state index is 10.5. The lowest BCUT2D eigenvalue weighted by Crippen LogP contribution is -1.99. The Morgan fingerprint density at radius 3 is 2.40 bits per heavy atom. The van der Waals surface area contributed by atoms with E-state index in [0.717, 1.165) is 50.0 Å². The summed E-state index contributed by atoms with van der Waals surface area (Å²) in [5, 5.41) is 12.4. The molecule has 0 aliphatic carbocycles. The van der Waals surface area contributed by atoms with Crippen LogP contribution in [0.1, 0.15) is 22.4 Å². The number of phenols is 1. The van der Waals surface area contributed by atoms with Gasteiger partial charge in [0.25, 0.3) is 0 Å². The summed E-state index contributed by atoms with van der Waals surface area (Å²) >= 11 is 0. The molecule has 0 radical (unpaired) electrons. The van der Waals surface area contributed by atoms with Gasteiger partial charge in [-0.1, -0.05) is 23.8 Å². The maximum Gasteiger partial charge on any atom is 0.220 e. The Morgan fingerprint density at radius 1 is 0.771 bits per heavy atom. The smallest absolute Gasteiger partial charge is 0.220 e. The van der Waals surface area contributed by atoms with E-state index in [1.807, 2.05) is 56.4 Å². The number of rotatable bonds is 3. The summed E-state index contributed by atoms with van der Waals surface area (Å²) in [5.41, 5.74) is 7.19. The van der Waals surface area contributed by atoms with E-state index in [1.54, 1.807) is 0 Å². The van der Waals surface area contributed by atoms with Gasteiger partial charge in [0.2, 0.25) is 5.88 Å². The average Bonchev–Trinajstić information content (AvgIpc) is 3.14. The average molecular weight is 461 g/mol. The van der Waals surface area contributed by atoms with Crippen molar-refractivity contribution in [1.82, 2.24) is 19.5 Å². The van der Waals surface area contributed by atoms with Gasteiger partial charge < -0.3 is 9.84 Å². The summed E-state index contributed by atoms with van der Waals surface area (Å²) in [7, 11) is 0. The van der Waals surface area contributed by atoms with Gasteiger partial charge in [0.1, 0.15) is 17.1 Å². The topological polar surface area (TPSA) is 73.1 Å². The van der Waals surface area contributed by atoms with Gasteiger partial charge in [0, 0.05) is 29.1 Å². The van der Waals surface area contributed by atoms with E-state index in [2.05, 4.69) is 52.6 Å². The van der Waals surface area contributed by atoms with Crippen LogP contribution < -0.4 is 4.74 Å². The normalized spacial score (nSPS) is 11.5. The number of nitrogens with zero attached hydrogens (tertiary/aromatic N) is 4. The fraction of sp³-hybridized carbons (Fsp3) is 0.138. The van der Waals surface area contributed by atoms with Crippen molar-refractivity contribution in [2.24, 2.45) is 0 Å². The molecule has 6 heteroatoms. The van der Waals surface area contributed by atoms with Crippen molar-refractivity contribution in [3.63, 3.8) is 0 Å². The van der Waals surface area contributed by atoms with Crippen LogP contribution in [0.25, 0.3) is 38.7 Å². The summed E-state index contributed by atoms with van der Waals surface area (Å²) in [4.78, 5) is 14.2. The lowest BCUT2D eigenvalue weighted by atomic mass is 10.1. The molecule has 0 saturated carbocycles. The third-order valence-electron chi connectivity index (χ3n) is 6.39. The molecule has 1 N–H and O–H groups in total. The SMILES string of the molecule is Cc1ccnc(-n2c3ccc(C)cc3c3nc(C)c(Oc4ccc5ccc(C)c(O)c5n4)cc32)c1. The highest BCUT2D eigenvalue weighted by Crippen LogP contribution is 2.36. The highest BCUT2D eigenvalue weighted by atomic mass is 16.5. The second-order valence-corrected chi connectivity index (χ2v) is 9.04. The molecular formula is C29H24N4O2. The Morgan fingerprint density at radius 2 is 1.57 bits per heavy atom. The molecule has 6 nitrogen and oxygen atoms in total. The molecule has 35 heavy (non-hydrogen) atoms. The molecule has 4 aromatic heterocycles. The number of aromatic nitrogens is 4. The number of aromatic hydroxyl groups is 1. The van der Waals surface area contributed by atoms with Crippen molar-refractivity contribution in [3.8, 4) is 23.2 Å². The Labute approximate surface area is 202 Å². The van der Waals surface area contributed by atoms with Crippen LogP contribution in [0.2, 0.25) is 0 Å². The van der Waals surface area contributed by atoms with Crippen LogP contribution in [0.15, 0.2) is 66.9 Å². The van der Waals surface area contributed by atoms with Crippen LogP contribution in [0.4, 0.5) is 0 Å². The predicted molar refractivity (Wildman–Crippen MR) is 139 cm³/mol. The van der Waals surface area contributed by atoms with Gasteiger partial charge in [-0.15, -0.1) is 0 Å². The number of pyridine rings is 3. The van der Waals surface area contributed by atoms with Gasteiger partial charge in [-0.2, -0.15) is 0 Å². The largest absolute Gasteiger partial charge is 0.505 e. The van der Waals surface area contributed by atoms with E-state index in [4.69, 9.17) is 9.72 Å². The predicted octanol–water partition coefficient (Wildman–Crippen LogP) is 6.85. The summed E-state index contributed by atoms with van der Waals surface area (Å²) in [6.45, 7) is 7.93. The maximum atomic E-state index is 10.5. The second kappa shape index (κ2) is 7.81. The van der Waals surface area contributed by atoms with Crippen molar-refractivity contribution in [2.45, 2.75) is 27.7 Å². The Balaban J connectivity index is 1.56. The molecule has 0 saturated heterocycles. The van der Waals surface area contributed by atoms with Crippen LogP contribution in [0.3, 0.4) is 0 Å².